The van der Waals surface area contributed by atoms with Crippen molar-refractivity contribution in [1.29, 1.82) is 0 Å². The maximum Gasteiger partial charge on any atom is 0.223 e. The van der Waals surface area contributed by atoms with Gasteiger partial charge in [-0.05, 0) is 51.5 Å². The molecule has 2 saturated carbocycles. The highest BCUT2D eigenvalue weighted by Gasteiger charge is 2.27. The minimum Gasteiger partial charge on any atom is -0.356 e. The molecule has 0 aromatic heterocycles. The van der Waals surface area contributed by atoms with Gasteiger partial charge in [-0.3, -0.25) is 4.79 Å². The number of hydrogen-bond acceptors (Lipinski definition) is 2. The van der Waals surface area contributed by atoms with E-state index in [4.69, 9.17) is 0 Å². The van der Waals surface area contributed by atoms with Gasteiger partial charge in [0.1, 0.15) is 0 Å². The first-order valence-electron chi connectivity index (χ1n) is 6.78. The van der Waals surface area contributed by atoms with Crippen molar-refractivity contribution in [2.45, 2.75) is 51.5 Å². The summed E-state index contributed by atoms with van der Waals surface area (Å²) in [6, 6.07) is 0.669. The molecule has 3 nitrogen and oxygen atoms in total. The summed E-state index contributed by atoms with van der Waals surface area (Å²) in [5, 5.41) is 6.55. The third-order valence-electron chi connectivity index (χ3n) is 3.92. The standard InChI is InChI=1S/C13H24N2O/c1-10(11-6-7-11)14-8-3-9-15-13(16)12-4-2-5-12/h10-12,14H,2-9H2,1H3,(H,15,16). The fourth-order valence-corrected chi connectivity index (χ4v) is 2.21. The number of carbonyl (C=O) groups excluding carboxylic acids is 1. The van der Waals surface area contributed by atoms with Crippen molar-refractivity contribution in [3.05, 3.63) is 0 Å². The van der Waals surface area contributed by atoms with E-state index in [1.54, 1.807) is 0 Å². The summed E-state index contributed by atoms with van der Waals surface area (Å²) < 4.78 is 0. The first kappa shape index (κ1) is 11.9. The van der Waals surface area contributed by atoms with Crippen molar-refractivity contribution in [1.82, 2.24) is 10.6 Å². The predicted octanol–water partition coefficient (Wildman–Crippen LogP) is 1.68. The topological polar surface area (TPSA) is 41.1 Å². The highest BCUT2D eigenvalue weighted by Crippen LogP contribution is 2.32. The molecule has 1 amide bonds. The lowest BCUT2D eigenvalue weighted by molar-refractivity contribution is -0.127. The minimum atomic E-state index is 0.279. The Morgan fingerprint density at radius 2 is 2.00 bits per heavy atom. The molecular formula is C13H24N2O. The third-order valence-corrected chi connectivity index (χ3v) is 3.92. The Labute approximate surface area is 98.4 Å². The molecule has 1 atom stereocenters. The zero-order valence-corrected chi connectivity index (χ0v) is 10.3. The van der Waals surface area contributed by atoms with Crippen LogP contribution in [0.2, 0.25) is 0 Å². The Bertz CT molecular complexity index is 234. The predicted molar refractivity (Wildman–Crippen MR) is 65.2 cm³/mol. The molecule has 0 radical (unpaired) electrons. The second-order valence-corrected chi connectivity index (χ2v) is 5.35. The van der Waals surface area contributed by atoms with Gasteiger partial charge in [0, 0.05) is 18.5 Å². The second-order valence-electron chi connectivity index (χ2n) is 5.35. The highest BCUT2D eigenvalue weighted by atomic mass is 16.1. The zero-order chi connectivity index (χ0) is 11.4. The van der Waals surface area contributed by atoms with Crippen molar-refractivity contribution < 1.29 is 4.79 Å². The van der Waals surface area contributed by atoms with Crippen molar-refractivity contribution in [2.75, 3.05) is 13.1 Å². The largest absolute Gasteiger partial charge is 0.356 e. The maximum absolute atomic E-state index is 11.5. The lowest BCUT2D eigenvalue weighted by Crippen LogP contribution is -2.36. The maximum atomic E-state index is 11.5. The molecule has 0 saturated heterocycles. The number of amides is 1. The van der Waals surface area contributed by atoms with E-state index in [2.05, 4.69) is 17.6 Å². The van der Waals surface area contributed by atoms with E-state index in [9.17, 15) is 4.79 Å². The van der Waals surface area contributed by atoms with Gasteiger partial charge in [-0.25, -0.2) is 0 Å². The van der Waals surface area contributed by atoms with Gasteiger partial charge in [0.15, 0.2) is 0 Å². The monoisotopic (exact) mass is 224 g/mol. The van der Waals surface area contributed by atoms with E-state index in [0.29, 0.717) is 12.0 Å². The molecule has 3 heteroatoms. The average molecular weight is 224 g/mol. The zero-order valence-electron chi connectivity index (χ0n) is 10.3. The Balaban J connectivity index is 1.43. The van der Waals surface area contributed by atoms with Crippen LogP contribution in [-0.4, -0.2) is 25.0 Å². The third kappa shape index (κ3) is 3.48. The molecule has 2 aliphatic carbocycles. The first-order valence-corrected chi connectivity index (χ1v) is 6.78. The van der Waals surface area contributed by atoms with Crippen LogP contribution in [0, 0.1) is 11.8 Å². The average Bonchev–Trinajstić information content (AvgIpc) is 2.97. The summed E-state index contributed by atoms with van der Waals surface area (Å²) in [6.07, 6.45) is 7.28. The first-order chi connectivity index (χ1) is 7.77. The molecule has 0 spiro atoms. The number of rotatable bonds is 7. The molecule has 0 heterocycles. The quantitative estimate of drug-likeness (QED) is 0.646. The fourth-order valence-electron chi connectivity index (χ4n) is 2.21. The van der Waals surface area contributed by atoms with E-state index in [1.807, 2.05) is 0 Å². The second kappa shape index (κ2) is 5.67. The fraction of sp³-hybridized carbons (Fsp3) is 0.923. The van der Waals surface area contributed by atoms with Crippen LogP contribution in [0.5, 0.6) is 0 Å². The summed E-state index contributed by atoms with van der Waals surface area (Å²) in [4.78, 5) is 11.5. The van der Waals surface area contributed by atoms with Gasteiger partial charge < -0.3 is 10.6 Å². The molecule has 2 N–H and O–H groups in total. The highest BCUT2D eigenvalue weighted by molar-refractivity contribution is 5.79. The van der Waals surface area contributed by atoms with E-state index in [-0.39, 0.29) is 5.91 Å². The van der Waals surface area contributed by atoms with E-state index >= 15 is 0 Å². The van der Waals surface area contributed by atoms with Crippen molar-refractivity contribution >= 4 is 5.91 Å². The number of nitrogens with one attached hydrogen (secondary N) is 2. The molecule has 0 aromatic carbocycles. The van der Waals surface area contributed by atoms with Crippen LogP contribution in [-0.2, 0) is 4.79 Å². The van der Waals surface area contributed by atoms with Gasteiger partial charge >= 0.3 is 0 Å². The molecule has 0 aromatic rings. The molecule has 0 aliphatic heterocycles. The van der Waals surface area contributed by atoms with Crippen LogP contribution in [0.4, 0.5) is 0 Å². The Hall–Kier alpha value is -0.570. The smallest absolute Gasteiger partial charge is 0.223 e. The van der Waals surface area contributed by atoms with Gasteiger partial charge in [0.05, 0.1) is 0 Å². The van der Waals surface area contributed by atoms with E-state index in [0.717, 1.165) is 38.3 Å². The molecule has 2 rings (SSSR count). The summed E-state index contributed by atoms with van der Waals surface area (Å²) in [7, 11) is 0. The van der Waals surface area contributed by atoms with Gasteiger partial charge in [-0.15, -0.1) is 0 Å². The number of hydrogen-bond donors (Lipinski definition) is 2. The lowest BCUT2D eigenvalue weighted by atomic mass is 9.85. The SMILES string of the molecule is CC(NCCCNC(=O)C1CCC1)C1CC1. The van der Waals surface area contributed by atoms with Crippen LogP contribution >= 0.6 is 0 Å². The minimum absolute atomic E-state index is 0.279. The van der Waals surface area contributed by atoms with E-state index in [1.165, 1.54) is 19.3 Å². The molecule has 2 aliphatic rings. The Morgan fingerprint density at radius 1 is 1.25 bits per heavy atom. The van der Waals surface area contributed by atoms with Crippen molar-refractivity contribution in [2.24, 2.45) is 11.8 Å². The molecule has 16 heavy (non-hydrogen) atoms. The molecule has 92 valence electrons. The summed E-state index contributed by atoms with van der Waals surface area (Å²) in [6.45, 7) is 4.13. The van der Waals surface area contributed by atoms with Gasteiger partial charge in [-0.2, -0.15) is 0 Å². The van der Waals surface area contributed by atoms with Crippen molar-refractivity contribution in [3.63, 3.8) is 0 Å². The van der Waals surface area contributed by atoms with Crippen LogP contribution < -0.4 is 10.6 Å². The number of carbonyl (C=O) groups is 1. The lowest BCUT2D eigenvalue weighted by Gasteiger charge is -2.24. The van der Waals surface area contributed by atoms with Crippen LogP contribution in [0.25, 0.3) is 0 Å². The Kier molecular flexibility index (Phi) is 4.22. The molecule has 1 unspecified atom stereocenters. The van der Waals surface area contributed by atoms with Crippen LogP contribution in [0.1, 0.15) is 45.4 Å². The van der Waals surface area contributed by atoms with Crippen LogP contribution in [0.3, 0.4) is 0 Å². The molecule has 0 bridgehead atoms. The van der Waals surface area contributed by atoms with E-state index < -0.39 is 0 Å². The normalized spacial score (nSPS) is 22.6. The Morgan fingerprint density at radius 3 is 2.56 bits per heavy atom. The summed E-state index contributed by atoms with van der Waals surface area (Å²) in [5.74, 6) is 1.53. The molecular weight excluding hydrogens is 200 g/mol. The van der Waals surface area contributed by atoms with Crippen LogP contribution in [0.15, 0.2) is 0 Å². The molecule has 2 fully saturated rings. The van der Waals surface area contributed by atoms with Crippen molar-refractivity contribution in [3.8, 4) is 0 Å². The summed E-state index contributed by atoms with van der Waals surface area (Å²) >= 11 is 0. The van der Waals surface area contributed by atoms with Gasteiger partial charge in [0.2, 0.25) is 5.91 Å². The summed E-state index contributed by atoms with van der Waals surface area (Å²) in [5.41, 5.74) is 0. The van der Waals surface area contributed by atoms with Gasteiger partial charge in [0.25, 0.3) is 0 Å². The van der Waals surface area contributed by atoms with Gasteiger partial charge in [-0.1, -0.05) is 6.42 Å².